The minimum Gasteiger partial charge on any atom is -0.371 e. The summed E-state index contributed by atoms with van der Waals surface area (Å²) in [5.41, 5.74) is 0.737. The molecule has 1 N–H and O–H groups in total. The lowest BCUT2D eigenvalue weighted by Gasteiger charge is -2.45. The molecule has 2 aliphatic rings. The zero-order valence-corrected chi connectivity index (χ0v) is 12.8. The number of nitrogens with zero attached hydrogens (tertiary/aromatic N) is 1. The monoisotopic (exact) mass is 294 g/mol. The van der Waals surface area contributed by atoms with Crippen molar-refractivity contribution in [3.63, 3.8) is 0 Å². The van der Waals surface area contributed by atoms with Crippen molar-refractivity contribution in [3.05, 3.63) is 21.9 Å². The first-order chi connectivity index (χ1) is 9.72. The number of amides is 1. The Kier molecular flexibility index (Phi) is 4.10. The standard InChI is InChI=1S/C15H22N2O2S/c1-2-13-9-12(10-20-13)14(18)17-7-8-19-15(11-17)3-5-16-6-4-15/h9-10,16H,2-8,11H2,1H3. The molecular weight excluding hydrogens is 272 g/mol. The van der Waals surface area contributed by atoms with Gasteiger partial charge in [-0.15, -0.1) is 11.3 Å². The van der Waals surface area contributed by atoms with Crippen molar-refractivity contribution >= 4 is 17.2 Å². The summed E-state index contributed by atoms with van der Waals surface area (Å²) in [5, 5.41) is 5.35. The number of carbonyl (C=O) groups is 1. The zero-order valence-electron chi connectivity index (χ0n) is 12.0. The molecule has 0 radical (unpaired) electrons. The van der Waals surface area contributed by atoms with Crippen molar-refractivity contribution < 1.29 is 9.53 Å². The van der Waals surface area contributed by atoms with Gasteiger partial charge in [-0.1, -0.05) is 6.92 Å². The minimum absolute atomic E-state index is 0.108. The third-order valence-corrected chi connectivity index (χ3v) is 5.38. The van der Waals surface area contributed by atoms with E-state index in [1.807, 2.05) is 16.3 Å². The second-order valence-corrected chi connectivity index (χ2v) is 6.66. The Morgan fingerprint density at radius 2 is 2.30 bits per heavy atom. The van der Waals surface area contributed by atoms with Crippen LogP contribution in [-0.2, 0) is 11.2 Å². The van der Waals surface area contributed by atoms with Crippen LogP contribution in [0.2, 0.25) is 0 Å². The molecule has 4 nitrogen and oxygen atoms in total. The van der Waals surface area contributed by atoms with Gasteiger partial charge in [0.05, 0.1) is 24.3 Å². The predicted molar refractivity (Wildman–Crippen MR) is 80.4 cm³/mol. The summed E-state index contributed by atoms with van der Waals surface area (Å²) in [7, 11) is 0. The third kappa shape index (κ3) is 2.75. The molecule has 2 aliphatic heterocycles. The van der Waals surface area contributed by atoms with Gasteiger partial charge in [0.1, 0.15) is 0 Å². The van der Waals surface area contributed by atoms with E-state index in [4.69, 9.17) is 4.74 Å². The number of aryl methyl sites for hydroxylation is 1. The van der Waals surface area contributed by atoms with Crippen LogP contribution in [0.1, 0.15) is 35.0 Å². The molecule has 1 aromatic rings. The molecule has 3 rings (SSSR count). The predicted octanol–water partition coefficient (Wildman–Crippen LogP) is 1.91. The lowest BCUT2D eigenvalue weighted by atomic mass is 9.90. The molecule has 0 aliphatic carbocycles. The van der Waals surface area contributed by atoms with E-state index in [-0.39, 0.29) is 11.5 Å². The molecule has 1 amide bonds. The molecule has 0 unspecified atom stereocenters. The van der Waals surface area contributed by atoms with Gasteiger partial charge < -0.3 is 15.0 Å². The topological polar surface area (TPSA) is 41.6 Å². The molecule has 2 saturated heterocycles. The number of hydrogen-bond acceptors (Lipinski definition) is 4. The molecule has 1 spiro atoms. The van der Waals surface area contributed by atoms with E-state index < -0.39 is 0 Å². The normalized spacial score (nSPS) is 22.1. The van der Waals surface area contributed by atoms with Crippen LogP contribution in [0.25, 0.3) is 0 Å². The highest BCUT2D eigenvalue weighted by atomic mass is 32.1. The van der Waals surface area contributed by atoms with E-state index >= 15 is 0 Å². The molecule has 20 heavy (non-hydrogen) atoms. The van der Waals surface area contributed by atoms with Crippen LogP contribution in [-0.4, -0.2) is 49.2 Å². The quantitative estimate of drug-likeness (QED) is 0.906. The SMILES string of the molecule is CCc1cc(C(=O)N2CCOC3(CCNCC3)C2)cs1. The van der Waals surface area contributed by atoms with Crippen molar-refractivity contribution in [3.8, 4) is 0 Å². The highest BCUT2D eigenvalue weighted by Crippen LogP contribution is 2.28. The highest BCUT2D eigenvalue weighted by Gasteiger charge is 2.39. The van der Waals surface area contributed by atoms with Gasteiger partial charge in [-0.25, -0.2) is 0 Å². The maximum absolute atomic E-state index is 12.6. The van der Waals surface area contributed by atoms with Gasteiger partial charge in [-0.3, -0.25) is 4.79 Å². The number of ether oxygens (including phenoxy) is 1. The summed E-state index contributed by atoms with van der Waals surface area (Å²) in [6, 6.07) is 2.04. The first-order valence-electron chi connectivity index (χ1n) is 7.44. The van der Waals surface area contributed by atoms with E-state index in [9.17, 15) is 4.79 Å². The summed E-state index contributed by atoms with van der Waals surface area (Å²) in [4.78, 5) is 15.9. The second-order valence-electron chi connectivity index (χ2n) is 5.66. The summed E-state index contributed by atoms with van der Waals surface area (Å²) < 4.78 is 6.02. The van der Waals surface area contributed by atoms with Gasteiger partial charge in [0.2, 0.25) is 0 Å². The van der Waals surface area contributed by atoms with Gasteiger partial charge in [-0.2, -0.15) is 0 Å². The number of nitrogens with one attached hydrogen (secondary N) is 1. The van der Waals surface area contributed by atoms with Gasteiger partial charge in [-0.05, 0) is 38.4 Å². The molecule has 0 saturated carbocycles. The average molecular weight is 294 g/mol. The Hall–Kier alpha value is -0.910. The largest absolute Gasteiger partial charge is 0.371 e. The van der Waals surface area contributed by atoms with E-state index in [1.165, 1.54) is 4.88 Å². The van der Waals surface area contributed by atoms with Crippen LogP contribution < -0.4 is 5.32 Å². The average Bonchev–Trinajstić information content (AvgIpc) is 2.96. The van der Waals surface area contributed by atoms with Crippen LogP contribution in [0.15, 0.2) is 11.4 Å². The molecular formula is C15H22N2O2S. The Bertz CT molecular complexity index is 474. The van der Waals surface area contributed by atoms with Crippen molar-refractivity contribution in [1.29, 1.82) is 0 Å². The molecule has 110 valence electrons. The van der Waals surface area contributed by atoms with Crippen molar-refractivity contribution in [2.24, 2.45) is 0 Å². The zero-order chi connectivity index (χ0) is 14.0. The Balaban J connectivity index is 1.71. The number of thiophene rings is 1. The van der Waals surface area contributed by atoms with E-state index in [1.54, 1.807) is 11.3 Å². The number of piperidine rings is 1. The number of carbonyl (C=O) groups excluding carboxylic acids is 1. The summed E-state index contributed by atoms with van der Waals surface area (Å²) in [6.07, 6.45) is 3.00. The Morgan fingerprint density at radius 3 is 3.00 bits per heavy atom. The van der Waals surface area contributed by atoms with Gasteiger partial charge >= 0.3 is 0 Å². The first-order valence-corrected chi connectivity index (χ1v) is 8.32. The van der Waals surface area contributed by atoms with Crippen LogP contribution in [0.3, 0.4) is 0 Å². The van der Waals surface area contributed by atoms with E-state index in [0.717, 1.165) is 44.5 Å². The number of rotatable bonds is 2. The summed E-state index contributed by atoms with van der Waals surface area (Å²) in [5.74, 6) is 0.169. The van der Waals surface area contributed by atoms with Crippen LogP contribution in [0.4, 0.5) is 0 Å². The first kappa shape index (κ1) is 14.0. The molecule has 2 fully saturated rings. The van der Waals surface area contributed by atoms with Crippen LogP contribution in [0.5, 0.6) is 0 Å². The van der Waals surface area contributed by atoms with E-state index in [0.29, 0.717) is 13.2 Å². The lowest BCUT2D eigenvalue weighted by molar-refractivity contribution is -0.114. The molecule has 0 aromatic carbocycles. The summed E-state index contributed by atoms with van der Waals surface area (Å²) in [6.45, 7) is 6.21. The maximum atomic E-state index is 12.6. The molecule has 0 atom stereocenters. The van der Waals surface area contributed by atoms with Crippen molar-refractivity contribution in [1.82, 2.24) is 10.2 Å². The Labute approximate surface area is 124 Å². The fourth-order valence-electron chi connectivity index (χ4n) is 3.06. The van der Waals surface area contributed by atoms with Gasteiger partial charge in [0.15, 0.2) is 0 Å². The summed E-state index contributed by atoms with van der Waals surface area (Å²) >= 11 is 1.68. The lowest BCUT2D eigenvalue weighted by Crippen LogP contribution is -2.57. The highest BCUT2D eigenvalue weighted by molar-refractivity contribution is 7.10. The van der Waals surface area contributed by atoms with Crippen LogP contribution in [0, 0.1) is 0 Å². The molecule has 5 heteroatoms. The van der Waals surface area contributed by atoms with E-state index in [2.05, 4.69) is 12.2 Å². The molecule has 3 heterocycles. The smallest absolute Gasteiger partial charge is 0.254 e. The third-order valence-electron chi connectivity index (χ3n) is 4.30. The molecule has 1 aromatic heterocycles. The Morgan fingerprint density at radius 1 is 1.50 bits per heavy atom. The fraction of sp³-hybridized carbons (Fsp3) is 0.667. The minimum atomic E-state index is -0.108. The van der Waals surface area contributed by atoms with Gasteiger partial charge in [0.25, 0.3) is 5.91 Å². The number of hydrogen-bond donors (Lipinski definition) is 1. The number of morpholine rings is 1. The second kappa shape index (κ2) is 5.84. The van der Waals surface area contributed by atoms with Crippen molar-refractivity contribution in [2.45, 2.75) is 31.8 Å². The maximum Gasteiger partial charge on any atom is 0.254 e. The molecule has 0 bridgehead atoms. The van der Waals surface area contributed by atoms with Crippen LogP contribution >= 0.6 is 11.3 Å². The van der Waals surface area contributed by atoms with Crippen molar-refractivity contribution in [2.75, 3.05) is 32.8 Å². The van der Waals surface area contributed by atoms with Gasteiger partial charge in [0, 0.05) is 16.8 Å². The fourth-order valence-corrected chi connectivity index (χ4v) is 3.87.